The summed E-state index contributed by atoms with van der Waals surface area (Å²) in [5.74, 6) is 0. The second-order valence-corrected chi connectivity index (χ2v) is 7.52. The lowest BCUT2D eigenvalue weighted by atomic mass is 10.2. The molecule has 1 aliphatic heterocycles. The molecule has 1 fully saturated rings. The number of hydrogen-bond acceptors (Lipinski definition) is 3. The summed E-state index contributed by atoms with van der Waals surface area (Å²) in [4.78, 5) is 2.54. The van der Waals surface area contributed by atoms with Gasteiger partial charge in [-0.3, -0.25) is 0 Å². The summed E-state index contributed by atoms with van der Waals surface area (Å²) < 4.78 is 26.5. The lowest BCUT2D eigenvalue weighted by molar-refractivity contribution is 0.222. The first-order chi connectivity index (χ1) is 9.04. The molecule has 0 radical (unpaired) electrons. The van der Waals surface area contributed by atoms with Crippen LogP contribution < -0.4 is 0 Å². The van der Waals surface area contributed by atoms with Crippen molar-refractivity contribution in [1.29, 1.82) is 0 Å². The van der Waals surface area contributed by atoms with Gasteiger partial charge in [-0.15, -0.1) is 0 Å². The number of hydrogen-bond donors (Lipinski definition) is 0. The predicted octanol–water partition coefficient (Wildman–Crippen LogP) is 1.56. The molecule has 0 spiro atoms. The van der Waals surface area contributed by atoms with Crippen molar-refractivity contribution in [2.24, 2.45) is 0 Å². The molecule has 0 unspecified atom stereocenters. The topological polar surface area (TPSA) is 40.6 Å². The minimum absolute atomic E-state index is 0.398. The lowest BCUT2D eigenvalue weighted by Gasteiger charge is -2.31. The van der Waals surface area contributed by atoms with Crippen LogP contribution in [0.4, 0.5) is 0 Å². The van der Waals surface area contributed by atoms with Gasteiger partial charge in [0, 0.05) is 31.5 Å². The van der Waals surface area contributed by atoms with Crippen LogP contribution in [0.2, 0.25) is 0 Å². The molecule has 6 heteroatoms. The number of rotatable bonds is 4. The Balaban J connectivity index is 2.15. The fourth-order valence-electron chi connectivity index (χ4n) is 2.11. The molecule has 0 bridgehead atoms. The molecule has 0 aromatic heterocycles. The maximum absolute atomic E-state index is 12.5. The molecule has 0 atom stereocenters. The monoisotopic (exact) mass is 346 g/mol. The van der Waals surface area contributed by atoms with Crippen LogP contribution in [-0.4, -0.2) is 56.2 Å². The lowest BCUT2D eigenvalue weighted by Crippen LogP contribution is -2.46. The van der Waals surface area contributed by atoms with Crippen molar-refractivity contribution in [3.05, 3.63) is 29.8 Å². The van der Waals surface area contributed by atoms with E-state index in [1.54, 1.807) is 16.4 Å². The summed E-state index contributed by atoms with van der Waals surface area (Å²) in [6, 6.07) is 7.21. The molecule has 2 rings (SSSR count). The van der Waals surface area contributed by atoms with Crippen LogP contribution in [0.15, 0.2) is 29.2 Å². The number of piperazine rings is 1. The van der Waals surface area contributed by atoms with Gasteiger partial charge in [0.15, 0.2) is 0 Å². The van der Waals surface area contributed by atoms with Crippen LogP contribution in [0.1, 0.15) is 5.56 Å². The zero-order valence-electron chi connectivity index (χ0n) is 11.0. The van der Waals surface area contributed by atoms with Gasteiger partial charge in [0.2, 0.25) is 10.0 Å². The van der Waals surface area contributed by atoms with E-state index in [-0.39, 0.29) is 0 Å². The van der Waals surface area contributed by atoms with Gasteiger partial charge < -0.3 is 4.90 Å². The number of aryl methyl sites for hydroxylation is 1. The fourth-order valence-corrected chi connectivity index (χ4v) is 3.99. The summed E-state index contributed by atoms with van der Waals surface area (Å²) in [5.41, 5.74) is 1.15. The van der Waals surface area contributed by atoms with E-state index >= 15 is 0 Å². The molecule has 106 valence electrons. The van der Waals surface area contributed by atoms with Crippen LogP contribution in [0.5, 0.6) is 0 Å². The van der Waals surface area contributed by atoms with Gasteiger partial charge in [0.25, 0.3) is 0 Å². The Morgan fingerprint density at radius 3 is 2.21 bits per heavy atom. The van der Waals surface area contributed by atoms with Crippen molar-refractivity contribution in [3.63, 3.8) is 0 Å². The molecular weight excluding hydrogens is 328 g/mol. The first-order valence-corrected chi connectivity index (χ1v) is 8.94. The van der Waals surface area contributed by atoms with Crippen LogP contribution in [-0.2, 0) is 16.4 Å². The summed E-state index contributed by atoms with van der Waals surface area (Å²) in [7, 11) is -1.31. The second kappa shape index (κ2) is 6.35. The Hall–Kier alpha value is -0.430. The molecule has 1 heterocycles. The van der Waals surface area contributed by atoms with E-state index in [4.69, 9.17) is 0 Å². The maximum atomic E-state index is 12.5. The van der Waals surface area contributed by atoms with Gasteiger partial charge in [-0.1, -0.05) is 28.1 Å². The number of nitrogens with zero attached hydrogens (tertiary/aromatic N) is 2. The highest BCUT2D eigenvalue weighted by Gasteiger charge is 2.27. The van der Waals surface area contributed by atoms with Crippen LogP contribution in [0.25, 0.3) is 0 Å². The first kappa shape index (κ1) is 15.0. The molecule has 0 N–H and O–H groups in total. The zero-order valence-corrected chi connectivity index (χ0v) is 13.5. The van der Waals surface area contributed by atoms with Crippen molar-refractivity contribution in [3.8, 4) is 0 Å². The Bertz CT molecular complexity index is 508. The molecule has 1 aromatic rings. The van der Waals surface area contributed by atoms with Crippen molar-refractivity contribution in [1.82, 2.24) is 9.21 Å². The highest BCUT2D eigenvalue weighted by molar-refractivity contribution is 9.09. The standard InChI is InChI=1S/C13H19BrN2O2S/c1-15-8-10-16(11-9-15)19(17,18)13-4-2-12(3-5-13)6-7-14/h2-5H,6-11H2,1H3. The Morgan fingerprint density at radius 1 is 1.11 bits per heavy atom. The first-order valence-electron chi connectivity index (χ1n) is 6.37. The van der Waals surface area contributed by atoms with Gasteiger partial charge in [-0.2, -0.15) is 4.31 Å². The number of sulfonamides is 1. The van der Waals surface area contributed by atoms with Gasteiger partial charge in [0.1, 0.15) is 0 Å². The number of likely N-dealkylation sites (N-methyl/N-ethyl adjacent to an activating group) is 1. The number of halogens is 1. The van der Waals surface area contributed by atoms with E-state index in [0.29, 0.717) is 18.0 Å². The largest absolute Gasteiger partial charge is 0.304 e. The Kier molecular flexibility index (Phi) is 5.00. The van der Waals surface area contributed by atoms with E-state index in [9.17, 15) is 8.42 Å². The van der Waals surface area contributed by atoms with E-state index < -0.39 is 10.0 Å². The normalized spacial score (nSPS) is 18.6. The third kappa shape index (κ3) is 3.56. The van der Waals surface area contributed by atoms with Crippen molar-refractivity contribution < 1.29 is 8.42 Å². The third-order valence-electron chi connectivity index (χ3n) is 3.41. The van der Waals surface area contributed by atoms with Crippen LogP contribution in [0.3, 0.4) is 0 Å². The van der Waals surface area contributed by atoms with E-state index in [1.165, 1.54) is 0 Å². The molecule has 1 aromatic carbocycles. The molecule has 0 saturated carbocycles. The number of benzene rings is 1. The smallest absolute Gasteiger partial charge is 0.243 e. The number of alkyl halides is 1. The average Bonchev–Trinajstić information content (AvgIpc) is 2.40. The third-order valence-corrected chi connectivity index (χ3v) is 5.72. The molecule has 1 aliphatic rings. The summed E-state index contributed by atoms with van der Waals surface area (Å²) >= 11 is 3.38. The van der Waals surface area contributed by atoms with Crippen molar-refractivity contribution in [2.75, 3.05) is 38.6 Å². The fraction of sp³-hybridized carbons (Fsp3) is 0.538. The molecule has 19 heavy (non-hydrogen) atoms. The minimum Gasteiger partial charge on any atom is -0.304 e. The molecular formula is C13H19BrN2O2S. The molecule has 0 amide bonds. The van der Waals surface area contributed by atoms with Gasteiger partial charge in [0.05, 0.1) is 4.90 Å². The van der Waals surface area contributed by atoms with Gasteiger partial charge in [-0.05, 0) is 31.2 Å². The van der Waals surface area contributed by atoms with E-state index in [0.717, 1.165) is 30.4 Å². The quantitative estimate of drug-likeness (QED) is 0.777. The highest BCUT2D eigenvalue weighted by atomic mass is 79.9. The van der Waals surface area contributed by atoms with Gasteiger partial charge in [-0.25, -0.2) is 8.42 Å². The van der Waals surface area contributed by atoms with Gasteiger partial charge >= 0.3 is 0 Å². The molecule has 1 saturated heterocycles. The summed E-state index contributed by atoms with van der Waals surface area (Å²) in [6.45, 7) is 2.73. The highest BCUT2D eigenvalue weighted by Crippen LogP contribution is 2.18. The average molecular weight is 347 g/mol. The predicted molar refractivity (Wildman–Crippen MR) is 80.2 cm³/mol. The van der Waals surface area contributed by atoms with E-state index in [1.807, 2.05) is 19.2 Å². The van der Waals surface area contributed by atoms with Crippen molar-refractivity contribution in [2.45, 2.75) is 11.3 Å². The SMILES string of the molecule is CN1CCN(S(=O)(=O)c2ccc(CCBr)cc2)CC1. The summed E-state index contributed by atoms with van der Waals surface area (Å²) in [6.07, 6.45) is 0.912. The molecule has 0 aliphatic carbocycles. The molecule has 4 nitrogen and oxygen atoms in total. The Labute approximate surface area is 123 Å². The van der Waals surface area contributed by atoms with Crippen LogP contribution in [0, 0.1) is 0 Å². The zero-order chi connectivity index (χ0) is 13.9. The van der Waals surface area contributed by atoms with Crippen molar-refractivity contribution >= 4 is 26.0 Å². The Morgan fingerprint density at radius 2 is 1.68 bits per heavy atom. The maximum Gasteiger partial charge on any atom is 0.243 e. The van der Waals surface area contributed by atoms with Crippen LogP contribution >= 0.6 is 15.9 Å². The minimum atomic E-state index is -3.32. The van der Waals surface area contributed by atoms with E-state index in [2.05, 4.69) is 20.8 Å². The summed E-state index contributed by atoms with van der Waals surface area (Å²) in [5, 5.41) is 0.886. The second-order valence-electron chi connectivity index (χ2n) is 4.79.